The summed E-state index contributed by atoms with van der Waals surface area (Å²) in [7, 11) is 3.85. The van der Waals surface area contributed by atoms with Gasteiger partial charge in [0.1, 0.15) is 5.82 Å². The van der Waals surface area contributed by atoms with Crippen LogP contribution < -0.4 is 4.90 Å². The third-order valence-corrected chi connectivity index (χ3v) is 3.44. The maximum Gasteiger partial charge on any atom is 0.311 e. The molecule has 0 aliphatic carbocycles. The molecule has 0 fully saturated rings. The Morgan fingerprint density at radius 3 is 2.38 bits per heavy atom. The quantitative estimate of drug-likeness (QED) is 0.917. The topological polar surface area (TPSA) is 40.5 Å². The fourth-order valence-corrected chi connectivity index (χ4v) is 2.25. The predicted molar refractivity (Wildman–Crippen MR) is 81.2 cm³/mol. The van der Waals surface area contributed by atoms with E-state index in [0.717, 1.165) is 11.3 Å². The van der Waals surface area contributed by atoms with Gasteiger partial charge in [0, 0.05) is 19.8 Å². The molecule has 0 amide bonds. The van der Waals surface area contributed by atoms with E-state index in [1.165, 1.54) is 12.1 Å². The van der Waals surface area contributed by atoms with Crippen LogP contribution >= 0.6 is 0 Å². The summed E-state index contributed by atoms with van der Waals surface area (Å²) in [6.07, 6.45) is 0.272. The molecule has 0 bridgehead atoms. The molecule has 3 nitrogen and oxygen atoms in total. The predicted octanol–water partition coefficient (Wildman–Crippen LogP) is 3.30. The molecule has 0 spiro atoms. The molecule has 1 atom stereocenters. The van der Waals surface area contributed by atoms with Crippen LogP contribution in [0.1, 0.15) is 17.0 Å². The number of nitrogens with zero attached hydrogens (tertiary/aromatic N) is 1. The highest BCUT2D eigenvalue weighted by molar-refractivity contribution is 5.76. The van der Waals surface area contributed by atoms with Gasteiger partial charge in [0.05, 0.1) is 5.92 Å². The lowest BCUT2D eigenvalue weighted by molar-refractivity contribution is -0.138. The van der Waals surface area contributed by atoms with Crippen LogP contribution in [0.25, 0.3) is 0 Å². The summed E-state index contributed by atoms with van der Waals surface area (Å²) in [6.45, 7) is 0. The Hall–Kier alpha value is -2.36. The van der Waals surface area contributed by atoms with Crippen LogP contribution in [0.4, 0.5) is 10.1 Å². The first-order valence-electron chi connectivity index (χ1n) is 6.72. The van der Waals surface area contributed by atoms with Gasteiger partial charge >= 0.3 is 5.97 Å². The molecule has 2 aromatic carbocycles. The van der Waals surface area contributed by atoms with E-state index in [9.17, 15) is 14.3 Å². The van der Waals surface area contributed by atoms with E-state index in [2.05, 4.69) is 0 Å². The number of benzene rings is 2. The zero-order valence-electron chi connectivity index (χ0n) is 12.1. The molecule has 4 heteroatoms. The Labute approximate surface area is 123 Å². The van der Waals surface area contributed by atoms with Gasteiger partial charge < -0.3 is 10.0 Å². The Balaban J connectivity index is 2.24. The minimum absolute atomic E-state index is 0.272. The van der Waals surface area contributed by atoms with E-state index in [-0.39, 0.29) is 12.2 Å². The number of anilines is 1. The van der Waals surface area contributed by atoms with E-state index < -0.39 is 11.9 Å². The van der Waals surface area contributed by atoms with Gasteiger partial charge in [-0.1, -0.05) is 24.3 Å². The monoisotopic (exact) mass is 287 g/mol. The Bertz CT molecular complexity index is 623. The van der Waals surface area contributed by atoms with Gasteiger partial charge in [0.25, 0.3) is 0 Å². The molecule has 110 valence electrons. The maximum absolute atomic E-state index is 13.2. The molecule has 2 aromatic rings. The fraction of sp³-hybridized carbons (Fsp3) is 0.235. The minimum Gasteiger partial charge on any atom is -0.481 e. The van der Waals surface area contributed by atoms with Crippen LogP contribution in [0.3, 0.4) is 0 Å². The van der Waals surface area contributed by atoms with Crippen molar-refractivity contribution in [3.63, 3.8) is 0 Å². The summed E-state index contributed by atoms with van der Waals surface area (Å²) in [5.74, 6) is -1.93. The van der Waals surface area contributed by atoms with Gasteiger partial charge in [-0.2, -0.15) is 0 Å². The molecule has 1 N–H and O–H groups in total. The molecule has 0 saturated carbocycles. The summed E-state index contributed by atoms with van der Waals surface area (Å²) in [6, 6.07) is 13.5. The Kier molecular flexibility index (Phi) is 4.58. The highest BCUT2D eigenvalue weighted by Gasteiger charge is 2.20. The molecule has 0 aliphatic rings. The molecule has 1 unspecified atom stereocenters. The van der Waals surface area contributed by atoms with Crippen molar-refractivity contribution >= 4 is 11.7 Å². The SMILES string of the molecule is CN(C)c1ccc(C(Cc2cccc(F)c2)C(=O)O)cc1. The average molecular weight is 287 g/mol. The summed E-state index contributed by atoms with van der Waals surface area (Å²) in [5.41, 5.74) is 2.41. The molecule has 0 heterocycles. The third-order valence-electron chi connectivity index (χ3n) is 3.44. The van der Waals surface area contributed by atoms with Crippen LogP contribution in [0.15, 0.2) is 48.5 Å². The zero-order valence-corrected chi connectivity index (χ0v) is 12.1. The molecule has 0 radical (unpaired) electrons. The van der Waals surface area contributed by atoms with Gasteiger partial charge in [-0.05, 0) is 41.8 Å². The molecule has 0 aromatic heterocycles. The maximum atomic E-state index is 13.2. The molecule has 0 saturated heterocycles. The second-order valence-electron chi connectivity index (χ2n) is 5.21. The van der Waals surface area contributed by atoms with Crippen molar-refractivity contribution < 1.29 is 14.3 Å². The molecule has 2 rings (SSSR count). The van der Waals surface area contributed by atoms with Crippen molar-refractivity contribution in [1.82, 2.24) is 0 Å². The van der Waals surface area contributed by atoms with Crippen LogP contribution in [-0.2, 0) is 11.2 Å². The normalized spacial score (nSPS) is 12.0. The summed E-state index contributed by atoms with van der Waals surface area (Å²) in [5, 5.41) is 9.43. The molecular formula is C17H18FNO2. The number of carboxylic acids is 1. The number of hydrogen-bond acceptors (Lipinski definition) is 2. The third kappa shape index (κ3) is 3.81. The Morgan fingerprint density at radius 1 is 1.19 bits per heavy atom. The van der Waals surface area contributed by atoms with Gasteiger partial charge in [-0.15, -0.1) is 0 Å². The van der Waals surface area contributed by atoms with E-state index in [1.54, 1.807) is 12.1 Å². The lowest BCUT2D eigenvalue weighted by Gasteiger charge is -2.16. The summed E-state index contributed by atoms with van der Waals surface area (Å²) < 4.78 is 13.2. The first-order chi connectivity index (χ1) is 9.97. The van der Waals surface area contributed by atoms with Crippen molar-refractivity contribution in [3.05, 3.63) is 65.5 Å². The second kappa shape index (κ2) is 6.39. The minimum atomic E-state index is -0.906. The van der Waals surface area contributed by atoms with Gasteiger partial charge in [0.2, 0.25) is 0 Å². The molecule has 0 aliphatic heterocycles. The number of hydrogen-bond donors (Lipinski definition) is 1. The van der Waals surface area contributed by atoms with Crippen LogP contribution in [0, 0.1) is 5.82 Å². The van der Waals surface area contributed by atoms with E-state index in [4.69, 9.17) is 0 Å². The van der Waals surface area contributed by atoms with Crippen molar-refractivity contribution in [2.24, 2.45) is 0 Å². The first-order valence-corrected chi connectivity index (χ1v) is 6.72. The van der Waals surface area contributed by atoms with Crippen LogP contribution in [0.5, 0.6) is 0 Å². The van der Waals surface area contributed by atoms with Gasteiger partial charge in [0.15, 0.2) is 0 Å². The lowest BCUT2D eigenvalue weighted by atomic mass is 9.92. The molecular weight excluding hydrogens is 269 g/mol. The van der Waals surface area contributed by atoms with Crippen molar-refractivity contribution in [2.75, 3.05) is 19.0 Å². The number of rotatable bonds is 5. The number of aliphatic carboxylic acids is 1. The summed E-state index contributed by atoms with van der Waals surface area (Å²) >= 11 is 0. The highest BCUT2D eigenvalue weighted by Crippen LogP contribution is 2.24. The molecule has 21 heavy (non-hydrogen) atoms. The van der Waals surface area contributed by atoms with Crippen LogP contribution in [0.2, 0.25) is 0 Å². The standard InChI is InChI=1S/C17H18FNO2/c1-19(2)15-8-6-13(7-9-15)16(17(20)21)11-12-4-3-5-14(18)10-12/h3-10,16H,11H2,1-2H3,(H,20,21). The number of halogens is 1. The van der Waals surface area contributed by atoms with Crippen LogP contribution in [-0.4, -0.2) is 25.2 Å². The highest BCUT2D eigenvalue weighted by atomic mass is 19.1. The fourth-order valence-electron chi connectivity index (χ4n) is 2.25. The number of carbonyl (C=O) groups is 1. The van der Waals surface area contributed by atoms with E-state index >= 15 is 0 Å². The van der Waals surface area contributed by atoms with Gasteiger partial charge in [-0.3, -0.25) is 4.79 Å². The van der Waals surface area contributed by atoms with Crippen molar-refractivity contribution in [1.29, 1.82) is 0 Å². The summed E-state index contributed by atoms with van der Waals surface area (Å²) in [4.78, 5) is 13.5. The smallest absolute Gasteiger partial charge is 0.311 e. The second-order valence-corrected chi connectivity index (χ2v) is 5.21. The van der Waals surface area contributed by atoms with Gasteiger partial charge in [-0.25, -0.2) is 4.39 Å². The Morgan fingerprint density at radius 2 is 1.86 bits per heavy atom. The number of carboxylic acid groups (broad SMARTS) is 1. The first kappa shape index (κ1) is 15.0. The largest absolute Gasteiger partial charge is 0.481 e. The van der Waals surface area contributed by atoms with Crippen molar-refractivity contribution in [3.8, 4) is 0 Å². The van der Waals surface area contributed by atoms with Crippen molar-refractivity contribution in [2.45, 2.75) is 12.3 Å². The lowest BCUT2D eigenvalue weighted by Crippen LogP contribution is -2.15. The average Bonchev–Trinajstić information content (AvgIpc) is 2.44. The van der Waals surface area contributed by atoms with E-state index in [1.807, 2.05) is 43.3 Å². The zero-order chi connectivity index (χ0) is 15.4. The van der Waals surface area contributed by atoms with E-state index in [0.29, 0.717) is 5.56 Å².